The fourth-order valence-corrected chi connectivity index (χ4v) is 2.48. The molecule has 0 atom stereocenters. The van der Waals surface area contributed by atoms with Crippen molar-refractivity contribution in [1.82, 2.24) is 0 Å². The largest absolute Gasteiger partial charge is 0.507 e. The quantitative estimate of drug-likeness (QED) is 0.726. The van der Waals surface area contributed by atoms with Gasteiger partial charge in [-0.15, -0.1) is 0 Å². The highest BCUT2D eigenvalue weighted by Crippen LogP contribution is 2.28. The highest BCUT2D eigenvalue weighted by atomic mass is 79.9. The van der Waals surface area contributed by atoms with E-state index in [4.69, 9.17) is 0 Å². The second-order valence-corrected chi connectivity index (χ2v) is 5.14. The molecule has 0 fully saturated rings. The van der Waals surface area contributed by atoms with Crippen molar-refractivity contribution in [1.29, 1.82) is 0 Å². The first-order valence-electron chi connectivity index (χ1n) is 5.72. The third kappa shape index (κ3) is 2.00. The molecule has 1 N–H and O–H groups in total. The molecule has 3 rings (SSSR count). The van der Waals surface area contributed by atoms with Gasteiger partial charge >= 0.3 is 0 Å². The van der Waals surface area contributed by atoms with E-state index in [9.17, 15) is 5.11 Å². The zero-order valence-corrected chi connectivity index (χ0v) is 11.2. The summed E-state index contributed by atoms with van der Waals surface area (Å²) in [6.45, 7) is 0. The summed E-state index contributed by atoms with van der Waals surface area (Å²) in [7, 11) is 0. The number of fused-ring (bicyclic) bond motifs is 2. The highest BCUT2D eigenvalue weighted by molar-refractivity contribution is 9.10. The maximum atomic E-state index is 10.2. The van der Waals surface area contributed by atoms with E-state index in [1.807, 2.05) is 54.6 Å². The van der Waals surface area contributed by atoms with E-state index < -0.39 is 0 Å². The van der Waals surface area contributed by atoms with Crippen LogP contribution in [0.25, 0.3) is 24.0 Å². The summed E-state index contributed by atoms with van der Waals surface area (Å²) in [4.78, 5) is 0. The topological polar surface area (TPSA) is 20.2 Å². The van der Waals surface area contributed by atoms with Crippen LogP contribution in [0.4, 0.5) is 0 Å². The minimum Gasteiger partial charge on any atom is -0.507 e. The summed E-state index contributed by atoms with van der Waals surface area (Å²) in [5.41, 5.74) is 3.99. The number of benzene rings is 2. The zero-order chi connectivity index (χ0) is 12.5. The second-order valence-electron chi connectivity index (χ2n) is 4.22. The summed E-state index contributed by atoms with van der Waals surface area (Å²) in [6, 6.07) is 13.9. The Bertz CT molecular complexity index is 669. The lowest BCUT2D eigenvalue weighted by Gasteiger charge is -2.11. The molecule has 0 heterocycles. The molecule has 1 aliphatic carbocycles. The van der Waals surface area contributed by atoms with E-state index in [-0.39, 0.29) is 0 Å². The fourth-order valence-electron chi connectivity index (χ4n) is 2.10. The molecule has 2 aromatic rings. The van der Waals surface area contributed by atoms with Crippen molar-refractivity contribution in [2.24, 2.45) is 0 Å². The monoisotopic (exact) mass is 298 g/mol. The van der Waals surface area contributed by atoms with E-state index >= 15 is 0 Å². The normalized spacial score (nSPS) is 17.7. The van der Waals surface area contributed by atoms with Gasteiger partial charge in [-0.05, 0) is 41.0 Å². The van der Waals surface area contributed by atoms with Gasteiger partial charge in [-0.1, -0.05) is 52.3 Å². The smallest absolute Gasteiger partial charge is 0.124 e. The molecule has 88 valence electrons. The predicted molar refractivity (Wildman–Crippen MR) is 80.0 cm³/mol. The highest BCUT2D eigenvalue weighted by Gasteiger charge is 2.09. The average Bonchev–Trinajstić information content (AvgIpc) is 2.36. The molecule has 0 amide bonds. The van der Waals surface area contributed by atoms with Crippen molar-refractivity contribution >= 4 is 39.9 Å². The molecule has 0 aromatic heterocycles. The summed E-state index contributed by atoms with van der Waals surface area (Å²) in [5, 5.41) is 10.2. The first-order valence-corrected chi connectivity index (χ1v) is 6.51. The van der Waals surface area contributed by atoms with Gasteiger partial charge in [0.1, 0.15) is 5.76 Å². The third-order valence-electron chi connectivity index (χ3n) is 3.02. The van der Waals surface area contributed by atoms with Gasteiger partial charge in [-0.25, -0.2) is 0 Å². The Hall–Kier alpha value is -1.80. The van der Waals surface area contributed by atoms with Gasteiger partial charge in [0.05, 0.1) is 0 Å². The number of hydrogen-bond donors (Lipinski definition) is 1. The van der Waals surface area contributed by atoms with Gasteiger partial charge in [-0.2, -0.15) is 0 Å². The minimum absolute atomic E-state index is 0.300. The van der Waals surface area contributed by atoms with E-state index in [0.717, 1.165) is 26.7 Å². The van der Waals surface area contributed by atoms with E-state index in [1.165, 1.54) is 0 Å². The van der Waals surface area contributed by atoms with Crippen LogP contribution in [0.15, 0.2) is 46.9 Å². The van der Waals surface area contributed by atoms with Crippen molar-refractivity contribution in [3.05, 3.63) is 69.2 Å². The van der Waals surface area contributed by atoms with Crippen molar-refractivity contribution in [3.8, 4) is 0 Å². The summed E-state index contributed by atoms with van der Waals surface area (Å²) >= 11 is 3.45. The van der Waals surface area contributed by atoms with E-state index in [0.29, 0.717) is 5.76 Å². The Balaban J connectivity index is 2.24. The standard InChI is InChI=1S/C16H11BrO/c17-14-7-8-15-13(9-14)6-5-11-3-1-2-4-12(11)10-16(15)18/h1-10,18H/b6-5-,11-5?,12-10?,13-6?,16-10+,16-15?. The lowest BCUT2D eigenvalue weighted by Crippen LogP contribution is -1.92. The lowest BCUT2D eigenvalue weighted by atomic mass is 9.97. The molecule has 0 saturated heterocycles. The first kappa shape index (κ1) is 11.3. The molecular weight excluding hydrogens is 288 g/mol. The Kier molecular flexibility index (Phi) is 2.80. The van der Waals surface area contributed by atoms with Gasteiger partial charge in [-0.3, -0.25) is 0 Å². The van der Waals surface area contributed by atoms with E-state index in [2.05, 4.69) is 22.0 Å². The molecule has 2 heteroatoms. The molecule has 0 saturated carbocycles. The van der Waals surface area contributed by atoms with Crippen LogP contribution < -0.4 is 0 Å². The Morgan fingerprint density at radius 3 is 2.39 bits per heavy atom. The average molecular weight is 299 g/mol. The Labute approximate surface area is 114 Å². The maximum absolute atomic E-state index is 10.2. The van der Waals surface area contributed by atoms with Gasteiger partial charge in [0.25, 0.3) is 0 Å². The predicted octanol–water partition coefficient (Wildman–Crippen LogP) is 4.99. The lowest BCUT2D eigenvalue weighted by molar-refractivity contribution is 0.515. The molecule has 0 unspecified atom stereocenters. The van der Waals surface area contributed by atoms with Crippen molar-refractivity contribution < 1.29 is 5.11 Å². The second kappa shape index (κ2) is 4.46. The third-order valence-corrected chi connectivity index (χ3v) is 3.51. The number of halogens is 1. The summed E-state index contributed by atoms with van der Waals surface area (Å²) in [5.74, 6) is 0.300. The molecule has 0 radical (unpaired) electrons. The summed E-state index contributed by atoms with van der Waals surface area (Å²) in [6.07, 6.45) is 5.91. The van der Waals surface area contributed by atoms with Crippen LogP contribution >= 0.6 is 15.9 Å². The number of rotatable bonds is 0. The molecule has 18 heavy (non-hydrogen) atoms. The molecule has 1 nitrogen and oxygen atoms in total. The molecular formula is C16H11BrO. The van der Waals surface area contributed by atoms with Gasteiger partial charge in [0.2, 0.25) is 0 Å². The molecule has 0 aliphatic heterocycles. The number of aliphatic hydroxyl groups excluding tert-OH is 1. The maximum Gasteiger partial charge on any atom is 0.124 e. The zero-order valence-electron chi connectivity index (χ0n) is 9.60. The van der Waals surface area contributed by atoms with Gasteiger partial charge in [0, 0.05) is 10.0 Å². The van der Waals surface area contributed by atoms with Crippen LogP contribution in [-0.4, -0.2) is 5.11 Å². The Morgan fingerprint density at radius 1 is 0.833 bits per heavy atom. The SMILES string of the molecule is O/C1=C/c2ccccc2/C=C\c2cc(Br)ccc21. The van der Waals surface area contributed by atoms with Crippen LogP contribution in [0.3, 0.4) is 0 Å². The first-order chi connectivity index (χ1) is 8.74. The van der Waals surface area contributed by atoms with Gasteiger partial charge < -0.3 is 5.11 Å². The molecule has 2 aromatic carbocycles. The molecule has 1 aliphatic rings. The van der Waals surface area contributed by atoms with Crippen LogP contribution in [0.2, 0.25) is 0 Å². The van der Waals surface area contributed by atoms with Crippen LogP contribution in [0.5, 0.6) is 0 Å². The van der Waals surface area contributed by atoms with Crippen LogP contribution in [-0.2, 0) is 0 Å². The number of hydrogen-bond acceptors (Lipinski definition) is 1. The molecule has 0 spiro atoms. The van der Waals surface area contributed by atoms with Crippen LogP contribution in [0, 0.1) is 0 Å². The van der Waals surface area contributed by atoms with E-state index in [1.54, 1.807) is 0 Å². The fraction of sp³-hybridized carbons (Fsp3) is 0. The minimum atomic E-state index is 0.300. The summed E-state index contributed by atoms with van der Waals surface area (Å²) < 4.78 is 1.01. The number of aliphatic hydroxyl groups is 1. The molecule has 0 bridgehead atoms. The van der Waals surface area contributed by atoms with Crippen molar-refractivity contribution in [2.75, 3.05) is 0 Å². The van der Waals surface area contributed by atoms with Crippen molar-refractivity contribution in [3.63, 3.8) is 0 Å². The van der Waals surface area contributed by atoms with Crippen molar-refractivity contribution in [2.45, 2.75) is 0 Å². The van der Waals surface area contributed by atoms with Gasteiger partial charge in [0.15, 0.2) is 0 Å². The van der Waals surface area contributed by atoms with Crippen LogP contribution in [0.1, 0.15) is 22.3 Å². The Morgan fingerprint density at radius 2 is 1.56 bits per heavy atom.